The van der Waals surface area contributed by atoms with Crippen LogP contribution in [0.25, 0.3) is 0 Å². The van der Waals surface area contributed by atoms with Gasteiger partial charge in [-0.3, -0.25) is 14.7 Å². The SMILES string of the molecule is CN1CCC[C@H]1c1cc(CNC(=O)C2(C(F)(F)F)CC2)cnc1C(F)F. The molecule has 1 amide bonds. The van der Waals surface area contributed by atoms with Crippen molar-refractivity contribution in [2.75, 3.05) is 13.6 Å². The van der Waals surface area contributed by atoms with Crippen LogP contribution in [0.3, 0.4) is 0 Å². The normalized spacial score (nSPS) is 22.7. The summed E-state index contributed by atoms with van der Waals surface area (Å²) in [7, 11) is 1.83. The molecule has 144 valence electrons. The summed E-state index contributed by atoms with van der Waals surface area (Å²) in [5.74, 6) is -1.07. The summed E-state index contributed by atoms with van der Waals surface area (Å²) in [4.78, 5) is 17.7. The third-order valence-electron chi connectivity index (χ3n) is 5.27. The number of likely N-dealkylation sites (tertiary alicyclic amines) is 1. The lowest BCUT2D eigenvalue weighted by molar-refractivity contribution is -0.192. The minimum atomic E-state index is -4.58. The number of nitrogens with zero attached hydrogens (tertiary/aromatic N) is 2. The first-order valence-electron chi connectivity index (χ1n) is 8.48. The van der Waals surface area contributed by atoms with E-state index in [2.05, 4.69) is 10.3 Å². The monoisotopic (exact) mass is 377 g/mol. The van der Waals surface area contributed by atoms with Gasteiger partial charge in [-0.05, 0) is 56.5 Å². The number of alkyl halides is 5. The molecule has 0 spiro atoms. The third-order valence-corrected chi connectivity index (χ3v) is 5.27. The number of aromatic nitrogens is 1. The van der Waals surface area contributed by atoms with Gasteiger partial charge in [0.05, 0.1) is 0 Å². The molecule has 0 radical (unpaired) electrons. The lowest BCUT2D eigenvalue weighted by atomic mass is 10.0. The average molecular weight is 377 g/mol. The van der Waals surface area contributed by atoms with Crippen molar-refractivity contribution in [1.82, 2.24) is 15.2 Å². The van der Waals surface area contributed by atoms with Crippen molar-refractivity contribution in [3.63, 3.8) is 0 Å². The first-order valence-corrected chi connectivity index (χ1v) is 8.48. The molecule has 1 aliphatic carbocycles. The van der Waals surface area contributed by atoms with Crippen molar-refractivity contribution in [3.8, 4) is 0 Å². The van der Waals surface area contributed by atoms with Crippen LogP contribution in [0.15, 0.2) is 12.3 Å². The predicted molar refractivity (Wildman–Crippen MR) is 83.4 cm³/mol. The highest BCUT2D eigenvalue weighted by Crippen LogP contribution is 2.57. The molecule has 0 unspecified atom stereocenters. The fraction of sp³-hybridized carbons (Fsp3) is 0.647. The van der Waals surface area contributed by atoms with Crippen LogP contribution in [-0.2, 0) is 11.3 Å². The Morgan fingerprint density at radius 1 is 1.42 bits per heavy atom. The molecule has 0 bridgehead atoms. The Kier molecular flexibility index (Phi) is 4.94. The number of hydrogen-bond acceptors (Lipinski definition) is 3. The number of halogens is 5. The zero-order valence-corrected chi connectivity index (χ0v) is 14.2. The number of rotatable bonds is 5. The fourth-order valence-corrected chi connectivity index (χ4v) is 3.50. The summed E-state index contributed by atoms with van der Waals surface area (Å²) >= 11 is 0. The smallest absolute Gasteiger partial charge is 0.351 e. The molecule has 0 aromatic carbocycles. The van der Waals surface area contributed by atoms with Crippen molar-refractivity contribution < 1.29 is 26.7 Å². The van der Waals surface area contributed by atoms with Crippen LogP contribution in [0.1, 0.15) is 55.0 Å². The van der Waals surface area contributed by atoms with Gasteiger partial charge in [-0.15, -0.1) is 0 Å². The minimum Gasteiger partial charge on any atom is -0.351 e. The van der Waals surface area contributed by atoms with Crippen molar-refractivity contribution in [1.29, 1.82) is 0 Å². The number of amides is 1. The van der Waals surface area contributed by atoms with Crippen LogP contribution in [0.4, 0.5) is 22.0 Å². The molecule has 2 aliphatic rings. The van der Waals surface area contributed by atoms with Crippen LogP contribution >= 0.6 is 0 Å². The van der Waals surface area contributed by atoms with E-state index < -0.39 is 23.9 Å². The maximum Gasteiger partial charge on any atom is 0.403 e. The van der Waals surface area contributed by atoms with Crippen LogP contribution in [0, 0.1) is 5.41 Å². The summed E-state index contributed by atoms with van der Waals surface area (Å²) in [6.45, 7) is 0.610. The van der Waals surface area contributed by atoms with E-state index >= 15 is 0 Å². The average Bonchev–Trinajstić information content (AvgIpc) is 3.29. The standard InChI is InChI=1S/C17H20F5N3O/c1-25-6-2-3-12(25)11-7-10(8-23-13(11)14(18)19)9-24-15(26)16(4-5-16)17(20,21)22/h7-8,12,14H,2-6,9H2,1H3,(H,24,26)/t12-/m0/s1. The van der Waals surface area contributed by atoms with E-state index in [1.54, 1.807) is 0 Å². The lowest BCUT2D eigenvalue weighted by Crippen LogP contribution is -2.41. The molecule has 1 aliphatic heterocycles. The zero-order chi connectivity index (χ0) is 19.1. The van der Waals surface area contributed by atoms with Gasteiger partial charge in [-0.25, -0.2) is 8.78 Å². The first kappa shape index (κ1) is 19.0. The second-order valence-corrected chi connectivity index (χ2v) is 7.02. The van der Waals surface area contributed by atoms with Gasteiger partial charge in [-0.1, -0.05) is 0 Å². The molecule has 9 heteroatoms. The molecule has 1 atom stereocenters. The Hall–Kier alpha value is -1.77. The van der Waals surface area contributed by atoms with Gasteiger partial charge in [0.15, 0.2) is 0 Å². The molecule has 1 saturated heterocycles. The molecular formula is C17H20F5N3O. The molecule has 3 rings (SSSR count). The van der Waals surface area contributed by atoms with Crippen molar-refractivity contribution in [3.05, 3.63) is 29.1 Å². The van der Waals surface area contributed by atoms with Crippen LogP contribution in [0.2, 0.25) is 0 Å². The Morgan fingerprint density at radius 3 is 2.62 bits per heavy atom. The molecule has 1 aromatic rings. The quantitative estimate of drug-likeness (QED) is 0.795. The number of nitrogens with one attached hydrogen (secondary N) is 1. The number of pyridine rings is 1. The molecule has 1 N–H and O–H groups in total. The molecule has 2 heterocycles. The van der Waals surface area contributed by atoms with Gasteiger partial charge in [0.25, 0.3) is 6.43 Å². The highest BCUT2D eigenvalue weighted by Gasteiger charge is 2.68. The molecule has 2 fully saturated rings. The van der Waals surface area contributed by atoms with Gasteiger partial charge in [0, 0.05) is 18.8 Å². The largest absolute Gasteiger partial charge is 0.403 e. The molecular weight excluding hydrogens is 357 g/mol. The first-order chi connectivity index (χ1) is 12.2. The fourth-order valence-electron chi connectivity index (χ4n) is 3.50. The Morgan fingerprint density at radius 2 is 2.12 bits per heavy atom. The van der Waals surface area contributed by atoms with Gasteiger partial charge in [-0.2, -0.15) is 13.2 Å². The Bertz CT molecular complexity index is 687. The molecule has 4 nitrogen and oxygen atoms in total. The summed E-state index contributed by atoms with van der Waals surface area (Å²) in [5.41, 5.74) is -1.81. The minimum absolute atomic E-state index is 0.170. The number of hydrogen-bond donors (Lipinski definition) is 1. The second kappa shape index (κ2) is 6.75. The Balaban J connectivity index is 1.76. The summed E-state index contributed by atoms with van der Waals surface area (Å²) in [6, 6.07) is 1.32. The molecule has 1 saturated carbocycles. The number of carbonyl (C=O) groups excluding carboxylic acids is 1. The van der Waals surface area contributed by atoms with Crippen LogP contribution in [0.5, 0.6) is 0 Å². The summed E-state index contributed by atoms with van der Waals surface area (Å²) in [6.07, 6.45) is -4.97. The third kappa shape index (κ3) is 3.41. The van der Waals surface area contributed by atoms with Crippen LogP contribution < -0.4 is 5.32 Å². The topological polar surface area (TPSA) is 45.2 Å². The van der Waals surface area contributed by atoms with Crippen LogP contribution in [-0.4, -0.2) is 35.6 Å². The van der Waals surface area contributed by atoms with E-state index in [0.717, 1.165) is 13.0 Å². The highest BCUT2D eigenvalue weighted by molar-refractivity contribution is 5.86. The van der Waals surface area contributed by atoms with Crippen molar-refractivity contribution in [2.24, 2.45) is 5.41 Å². The maximum absolute atomic E-state index is 13.3. The maximum atomic E-state index is 13.3. The van der Waals surface area contributed by atoms with E-state index in [0.29, 0.717) is 17.5 Å². The van der Waals surface area contributed by atoms with Gasteiger partial charge < -0.3 is 5.32 Å². The van der Waals surface area contributed by atoms with Gasteiger partial charge >= 0.3 is 6.18 Å². The summed E-state index contributed by atoms with van der Waals surface area (Å²) in [5, 5.41) is 2.29. The van der Waals surface area contributed by atoms with Gasteiger partial charge in [0.2, 0.25) is 5.91 Å². The van der Waals surface area contributed by atoms with E-state index in [4.69, 9.17) is 0 Å². The van der Waals surface area contributed by atoms with E-state index in [1.807, 2.05) is 11.9 Å². The van der Waals surface area contributed by atoms with Crippen molar-refractivity contribution in [2.45, 2.75) is 50.9 Å². The van der Waals surface area contributed by atoms with E-state index in [9.17, 15) is 26.7 Å². The number of carbonyl (C=O) groups is 1. The second-order valence-electron chi connectivity index (χ2n) is 7.02. The molecule has 1 aromatic heterocycles. The summed E-state index contributed by atoms with van der Waals surface area (Å²) < 4.78 is 65.4. The predicted octanol–water partition coefficient (Wildman–Crippen LogP) is 3.74. The lowest BCUT2D eigenvalue weighted by Gasteiger charge is -2.23. The van der Waals surface area contributed by atoms with E-state index in [-0.39, 0.29) is 31.1 Å². The van der Waals surface area contributed by atoms with Gasteiger partial charge in [0.1, 0.15) is 11.1 Å². The zero-order valence-electron chi connectivity index (χ0n) is 14.2. The Labute approximate surface area is 147 Å². The highest BCUT2D eigenvalue weighted by atomic mass is 19.4. The van der Waals surface area contributed by atoms with E-state index in [1.165, 1.54) is 12.3 Å². The molecule has 26 heavy (non-hydrogen) atoms. The van der Waals surface area contributed by atoms with Crippen molar-refractivity contribution >= 4 is 5.91 Å².